The normalized spacial score (nSPS) is 15.3. The van der Waals surface area contributed by atoms with E-state index in [1.807, 2.05) is 11.8 Å². The molecule has 32 heavy (non-hydrogen) atoms. The molecule has 2 N–H and O–H groups in total. The molecule has 0 radical (unpaired) electrons. The zero-order valence-corrected chi connectivity index (χ0v) is 18.5. The van der Waals surface area contributed by atoms with E-state index in [1.165, 1.54) is 12.1 Å². The molecular formula is C22H30FN7O2. The van der Waals surface area contributed by atoms with Crippen LogP contribution in [0.2, 0.25) is 0 Å². The van der Waals surface area contributed by atoms with Crippen LogP contribution in [0.4, 0.5) is 10.3 Å². The van der Waals surface area contributed by atoms with Crippen LogP contribution in [0.25, 0.3) is 0 Å². The van der Waals surface area contributed by atoms with Gasteiger partial charge in [-0.2, -0.15) is 0 Å². The third kappa shape index (κ3) is 7.07. The molecule has 1 atom stereocenters. The highest BCUT2D eigenvalue weighted by molar-refractivity contribution is 5.81. The van der Waals surface area contributed by atoms with Gasteiger partial charge in [0.05, 0.1) is 6.54 Å². The molecule has 10 heteroatoms. The number of ether oxygens (including phenoxy) is 1. The molecule has 1 aromatic heterocycles. The first-order valence-electron chi connectivity index (χ1n) is 10.7. The Morgan fingerprint density at radius 1 is 1.19 bits per heavy atom. The van der Waals surface area contributed by atoms with Gasteiger partial charge in [0, 0.05) is 64.7 Å². The summed E-state index contributed by atoms with van der Waals surface area (Å²) in [5.41, 5.74) is 0. The van der Waals surface area contributed by atoms with Crippen molar-refractivity contribution in [3.63, 3.8) is 0 Å². The molecule has 0 spiro atoms. The number of aliphatic imine (C=N–C) groups is 1. The maximum absolute atomic E-state index is 13.3. The molecule has 0 saturated carbocycles. The molecule has 1 unspecified atom stereocenters. The molecule has 1 aliphatic heterocycles. The van der Waals surface area contributed by atoms with Crippen LogP contribution in [0.5, 0.6) is 5.75 Å². The van der Waals surface area contributed by atoms with Crippen LogP contribution in [0.3, 0.4) is 0 Å². The Kier molecular flexibility index (Phi) is 8.59. The van der Waals surface area contributed by atoms with Crippen LogP contribution in [-0.2, 0) is 4.79 Å². The van der Waals surface area contributed by atoms with Crippen LogP contribution in [0.1, 0.15) is 13.3 Å². The van der Waals surface area contributed by atoms with Gasteiger partial charge in [-0.25, -0.2) is 14.4 Å². The Morgan fingerprint density at radius 2 is 1.94 bits per heavy atom. The molecule has 1 fully saturated rings. The van der Waals surface area contributed by atoms with Crippen LogP contribution in [0, 0.1) is 5.82 Å². The first kappa shape index (κ1) is 23.2. The fourth-order valence-corrected chi connectivity index (χ4v) is 3.33. The number of halogens is 1. The summed E-state index contributed by atoms with van der Waals surface area (Å²) in [6.07, 6.45) is 3.63. The molecule has 1 amide bonds. The second-order valence-electron chi connectivity index (χ2n) is 7.43. The largest absolute Gasteiger partial charge is 0.489 e. The second-order valence-corrected chi connectivity index (χ2v) is 7.43. The average Bonchev–Trinajstić information content (AvgIpc) is 2.82. The van der Waals surface area contributed by atoms with Gasteiger partial charge in [-0.3, -0.25) is 9.79 Å². The lowest BCUT2D eigenvalue weighted by molar-refractivity contribution is -0.131. The molecule has 3 rings (SSSR count). The lowest BCUT2D eigenvalue weighted by Crippen LogP contribution is -2.50. The maximum Gasteiger partial charge on any atom is 0.225 e. The number of carbonyl (C=O) groups is 1. The third-order valence-electron chi connectivity index (χ3n) is 5.01. The van der Waals surface area contributed by atoms with Gasteiger partial charge >= 0.3 is 0 Å². The SMILES string of the molecule is CN=C(NCCC(=O)N1CCN(c2ncccn2)CC1)NCC(C)Oc1cccc(F)c1. The van der Waals surface area contributed by atoms with Crippen molar-refractivity contribution in [2.24, 2.45) is 4.99 Å². The summed E-state index contributed by atoms with van der Waals surface area (Å²) in [4.78, 5) is 29.2. The number of piperazine rings is 1. The summed E-state index contributed by atoms with van der Waals surface area (Å²) in [5.74, 6) is 1.53. The molecule has 9 nitrogen and oxygen atoms in total. The molecule has 0 bridgehead atoms. The number of guanidine groups is 1. The molecule has 1 saturated heterocycles. The first-order chi connectivity index (χ1) is 15.5. The van der Waals surface area contributed by atoms with E-state index in [0.29, 0.717) is 50.3 Å². The van der Waals surface area contributed by atoms with E-state index in [-0.39, 0.29) is 17.8 Å². The van der Waals surface area contributed by atoms with Gasteiger partial charge < -0.3 is 25.2 Å². The number of anilines is 1. The molecule has 0 aliphatic carbocycles. The van der Waals surface area contributed by atoms with Crippen molar-refractivity contribution in [1.29, 1.82) is 0 Å². The van der Waals surface area contributed by atoms with Crippen molar-refractivity contribution in [1.82, 2.24) is 25.5 Å². The number of benzene rings is 1. The quantitative estimate of drug-likeness (QED) is 0.469. The van der Waals surface area contributed by atoms with Crippen LogP contribution in [-0.4, -0.2) is 79.2 Å². The van der Waals surface area contributed by atoms with E-state index in [0.717, 1.165) is 13.1 Å². The Balaban J connectivity index is 1.33. The number of aromatic nitrogens is 2. The molecule has 172 valence electrons. The summed E-state index contributed by atoms with van der Waals surface area (Å²) < 4.78 is 19.0. The summed E-state index contributed by atoms with van der Waals surface area (Å²) in [6, 6.07) is 7.84. The predicted octanol–water partition coefficient (Wildman–Crippen LogP) is 1.29. The predicted molar refractivity (Wildman–Crippen MR) is 121 cm³/mol. The van der Waals surface area contributed by atoms with Gasteiger partial charge in [0.1, 0.15) is 17.7 Å². The number of nitrogens with zero attached hydrogens (tertiary/aromatic N) is 5. The van der Waals surface area contributed by atoms with Crippen molar-refractivity contribution >= 4 is 17.8 Å². The van der Waals surface area contributed by atoms with Gasteiger partial charge in [0.25, 0.3) is 0 Å². The van der Waals surface area contributed by atoms with Gasteiger partial charge in [0.15, 0.2) is 5.96 Å². The fraction of sp³-hybridized carbons (Fsp3) is 0.455. The van der Waals surface area contributed by atoms with E-state index >= 15 is 0 Å². The summed E-state index contributed by atoms with van der Waals surface area (Å²) in [6.45, 7) is 5.57. The summed E-state index contributed by atoms with van der Waals surface area (Å²) >= 11 is 0. The number of carbonyl (C=O) groups excluding carboxylic acids is 1. The zero-order valence-electron chi connectivity index (χ0n) is 18.5. The minimum absolute atomic E-state index is 0.101. The Morgan fingerprint density at radius 3 is 2.62 bits per heavy atom. The number of amides is 1. The van der Waals surface area contributed by atoms with Crippen molar-refractivity contribution in [2.75, 3.05) is 51.2 Å². The van der Waals surface area contributed by atoms with E-state index in [4.69, 9.17) is 4.74 Å². The van der Waals surface area contributed by atoms with Crippen LogP contribution < -0.4 is 20.3 Å². The lowest BCUT2D eigenvalue weighted by atomic mass is 10.3. The first-order valence-corrected chi connectivity index (χ1v) is 10.7. The Labute approximate surface area is 187 Å². The molecule has 2 aromatic rings. The highest BCUT2D eigenvalue weighted by Gasteiger charge is 2.22. The number of rotatable bonds is 8. The van der Waals surface area contributed by atoms with E-state index < -0.39 is 0 Å². The lowest BCUT2D eigenvalue weighted by Gasteiger charge is -2.34. The van der Waals surface area contributed by atoms with E-state index in [9.17, 15) is 9.18 Å². The van der Waals surface area contributed by atoms with Gasteiger partial charge in [0.2, 0.25) is 11.9 Å². The number of hydrogen-bond donors (Lipinski definition) is 2. The van der Waals surface area contributed by atoms with Crippen LogP contribution >= 0.6 is 0 Å². The highest BCUT2D eigenvalue weighted by atomic mass is 19.1. The molecule has 2 heterocycles. The van der Waals surface area contributed by atoms with Gasteiger partial charge in [-0.1, -0.05) is 6.07 Å². The van der Waals surface area contributed by atoms with E-state index in [1.54, 1.807) is 37.6 Å². The Hall–Kier alpha value is -3.43. The molecule has 1 aromatic carbocycles. The van der Waals surface area contributed by atoms with Crippen molar-refractivity contribution in [3.8, 4) is 5.75 Å². The van der Waals surface area contributed by atoms with Crippen molar-refractivity contribution < 1.29 is 13.9 Å². The van der Waals surface area contributed by atoms with Crippen molar-refractivity contribution in [2.45, 2.75) is 19.4 Å². The number of nitrogens with one attached hydrogen (secondary N) is 2. The Bertz CT molecular complexity index is 889. The molecular weight excluding hydrogens is 413 g/mol. The second kappa shape index (κ2) is 11.8. The topological polar surface area (TPSA) is 95.0 Å². The third-order valence-corrected chi connectivity index (χ3v) is 5.01. The maximum atomic E-state index is 13.3. The fourth-order valence-electron chi connectivity index (χ4n) is 3.33. The van der Waals surface area contributed by atoms with E-state index in [2.05, 4.69) is 30.5 Å². The highest BCUT2D eigenvalue weighted by Crippen LogP contribution is 2.13. The van der Waals surface area contributed by atoms with Crippen molar-refractivity contribution in [3.05, 3.63) is 48.5 Å². The van der Waals surface area contributed by atoms with Gasteiger partial charge in [-0.05, 0) is 25.1 Å². The number of hydrogen-bond acceptors (Lipinski definition) is 6. The molecule has 1 aliphatic rings. The monoisotopic (exact) mass is 443 g/mol. The zero-order chi connectivity index (χ0) is 22.8. The smallest absolute Gasteiger partial charge is 0.225 e. The summed E-state index contributed by atoms with van der Waals surface area (Å²) in [7, 11) is 1.67. The summed E-state index contributed by atoms with van der Waals surface area (Å²) in [5, 5.41) is 6.30. The average molecular weight is 444 g/mol. The standard InChI is InChI=1S/C22H30FN7O2/c1-17(32-19-6-3-5-18(23)15-19)16-28-21(24-2)25-10-7-20(31)29-11-13-30(14-12-29)22-26-8-4-9-27-22/h3-6,8-9,15,17H,7,10-14,16H2,1-2H3,(H2,24,25,28). The van der Waals surface area contributed by atoms with Crippen LogP contribution in [0.15, 0.2) is 47.7 Å². The minimum Gasteiger partial charge on any atom is -0.489 e. The van der Waals surface area contributed by atoms with Gasteiger partial charge in [-0.15, -0.1) is 0 Å². The minimum atomic E-state index is -0.334.